The van der Waals surface area contributed by atoms with Gasteiger partial charge in [0.2, 0.25) is 0 Å². The van der Waals surface area contributed by atoms with Gasteiger partial charge in [0.1, 0.15) is 4.99 Å². The summed E-state index contributed by atoms with van der Waals surface area (Å²) >= 11 is 4.81. The molecule has 3 nitrogen and oxygen atoms in total. The third-order valence-corrected chi connectivity index (χ3v) is 3.88. The van der Waals surface area contributed by atoms with Gasteiger partial charge in [-0.3, -0.25) is 4.21 Å². The molecule has 0 saturated heterocycles. The van der Waals surface area contributed by atoms with Crippen molar-refractivity contribution in [3.63, 3.8) is 0 Å². The fraction of sp³-hybridized carbons (Fsp3) is 0.462. The lowest BCUT2D eigenvalue weighted by Gasteiger charge is -2.18. The molecule has 2 atom stereocenters. The number of nitrogens with two attached hydrogens (primary N) is 1. The van der Waals surface area contributed by atoms with Crippen LogP contribution >= 0.6 is 12.2 Å². The standard InChI is InChI=1S/C13H17F3N2OS2/c1-8(5-6-21(2)19)18-11-4-3-9(13(14,15)16)7-10(11)12(17)20/h3-4,7-8,18H,5-6H2,1-2H3,(H2,17,20). The Bertz CT molecular complexity index is 547. The summed E-state index contributed by atoms with van der Waals surface area (Å²) in [4.78, 5) is -0.102. The minimum absolute atomic E-state index is 0.0567. The average molecular weight is 338 g/mol. The summed E-state index contributed by atoms with van der Waals surface area (Å²) in [5.74, 6) is 0.511. The minimum atomic E-state index is -4.44. The van der Waals surface area contributed by atoms with Gasteiger partial charge in [-0.1, -0.05) is 12.2 Å². The van der Waals surface area contributed by atoms with Crippen molar-refractivity contribution < 1.29 is 17.4 Å². The van der Waals surface area contributed by atoms with E-state index in [1.165, 1.54) is 6.07 Å². The quantitative estimate of drug-likeness (QED) is 0.783. The number of halogens is 3. The molecule has 0 aliphatic rings. The lowest BCUT2D eigenvalue weighted by atomic mass is 10.1. The second-order valence-corrected chi connectivity index (χ2v) is 6.73. The molecule has 0 fully saturated rings. The Morgan fingerprint density at radius 2 is 2.10 bits per heavy atom. The number of benzene rings is 1. The Kier molecular flexibility index (Phi) is 6.15. The van der Waals surface area contributed by atoms with Gasteiger partial charge in [-0.05, 0) is 31.5 Å². The van der Waals surface area contributed by atoms with Crippen molar-refractivity contribution in [3.8, 4) is 0 Å². The highest BCUT2D eigenvalue weighted by Crippen LogP contribution is 2.32. The van der Waals surface area contributed by atoms with Crippen LogP contribution in [-0.2, 0) is 17.0 Å². The number of hydrogen-bond acceptors (Lipinski definition) is 3. The van der Waals surface area contributed by atoms with Gasteiger partial charge < -0.3 is 11.1 Å². The number of hydrogen-bond donors (Lipinski definition) is 2. The molecule has 1 rings (SSSR count). The van der Waals surface area contributed by atoms with Crippen LogP contribution in [0.2, 0.25) is 0 Å². The van der Waals surface area contributed by atoms with Crippen molar-refractivity contribution in [1.29, 1.82) is 0 Å². The molecule has 0 saturated carbocycles. The van der Waals surface area contributed by atoms with Crippen LogP contribution in [0, 0.1) is 0 Å². The molecular formula is C13H17F3N2OS2. The second-order valence-electron chi connectivity index (χ2n) is 4.73. The van der Waals surface area contributed by atoms with Gasteiger partial charge >= 0.3 is 6.18 Å². The molecule has 0 aliphatic carbocycles. The predicted octanol–water partition coefficient (Wildman–Crippen LogP) is 2.91. The first kappa shape index (κ1) is 17.9. The largest absolute Gasteiger partial charge is 0.416 e. The summed E-state index contributed by atoms with van der Waals surface area (Å²) in [7, 11) is -0.913. The van der Waals surface area contributed by atoms with Gasteiger partial charge in [-0.25, -0.2) is 0 Å². The molecule has 1 aromatic rings. The van der Waals surface area contributed by atoms with Crippen LogP contribution in [0.15, 0.2) is 18.2 Å². The molecule has 118 valence electrons. The average Bonchev–Trinajstić information content (AvgIpc) is 2.35. The van der Waals surface area contributed by atoms with E-state index < -0.39 is 22.5 Å². The molecule has 0 aromatic heterocycles. The number of nitrogens with one attached hydrogen (secondary N) is 1. The zero-order chi connectivity index (χ0) is 16.2. The van der Waals surface area contributed by atoms with Crippen LogP contribution in [0.3, 0.4) is 0 Å². The number of alkyl halides is 3. The maximum atomic E-state index is 12.7. The lowest BCUT2D eigenvalue weighted by Crippen LogP contribution is -2.22. The highest BCUT2D eigenvalue weighted by atomic mass is 32.2. The number of rotatable bonds is 6. The maximum Gasteiger partial charge on any atom is 0.416 e. The first-order valence-corrected chi connectivity index (χ1v) is 8.32. The zero-order valence-corrected chi connectivity index (χ0v) is 13.3. The third kappa shape index (κ3) is 5.62. The van der Waals surface area contributed by atoms with Crippen LogP contribution in [-0.4, -0.2) is 27.2 Å². The fourth-order valence-electron chi connectivity index (χ4n) is 1.73. The highest BCUT2D eigenvalue weighted by Gasteiger charge is 2.31. The molecule has 21 heavy (non-hydrogen) atoms. The van der Waals surface area contributed by atoms with E-state index in [1.54, 1.807) is 6.26 Å². The molecule has 0 amide bonds. The Hall–Kier alpha value is -1.15. The summed E-state index contributed by atoms with van der Waals surface area (Å²) in [5, 5.41) is 3.06. The number of thiocarbonyl (C=S) groups is 1. The van der Waals surface area contributed by atoms with Gasteiger partial charge in [-0.2, -0.15) is 13.2 Å². The summed E-state index contributed by atoms with van der Waals surface area (Å²) < 4.78 is 49.1. The monoisotopic (exact) mass is 338 g/mol. The zero-order valence-electron chi connectivity index (χ0n) is 11.7. The van der Waals surface area contributed by atoms with Gasteiger partial charge in [0.05, 0.1) is 5.56 Å². The molecule has 2 unspecified atom stereocenters. The van der Waals surface area contributed by atoms with E-state index in [9.17, 15) is 17.4 Å². The maximum absolute atomic E-state index is 12.7. The van der Waals surface area contributed by atoms with Gasteiger partial charge in [0, 0.05) is 40.1 Å². The van der Waals surface area contributed by atoms with E-state index in [4.69, 9.17) is 18.0 Å². The Balaban J connectivity index is 2.97. The lowest BCUT2D eigenvalue weighted by molar-refractivity contribution is -0.137. The van der Waals surface area contributed by atoms with Crippen molar-refractivity contribution in [2.24, 2.45) is 5.73 Å². The Labute approximate surface area is 129 Å². The molecule has 8 heteroatoms. The van der Waals surface area contributed by atoms with E-state index in [0.717, 1.165) is 12.1 Å². The molecule has 0 bridgehead atoms. The van der Waals surface area contributed by atoms with E-state index in [1.807, 2.05) is 6.92 Å². The first-order chi connectivity index (χ1) is 9.61. The van der Waals surface area contributed by atoms with Crippen LogP contribution < -0.4 is 11.1 Å². The highest BCUT2D eigenvalue weighted by molar-refractivity contribution is 7.84. The second kappa shape index (κ2) is 7.22. The molecule has 0 radical (unpaired) electrons. The van der Waals surface area contributed by atoms with Gasteiger partial charge in [-0.15, -0.1) is 0 Å². The Morgan fingerprint density at radius 3 is 2.57 bits per heavy atom. The van der Waals surface area contributed by atoms with Crippen LogP contribution in [0.25, 0.3) is 0 Å². The first-order valence-electron chi connectivity index (χ1n) is 6.19. The van der Waals surface area contributed by atoms with Crippen molar-refractivity contribution in [2.75, 3.05) is 17.3 Å². The summed E-state index contributed by atoms with van der Waals surface area (Å²) in [5.41, 5.74) is 5.31. The fourth-order valence-corrected chi connectivity index (χ4v) is 2.59. The van der Waals surface area contributed by atoms with Gasteiger partial charge in [0.25, 0.3) is 0 Å². The van der Waals surface area contributed by atoms with E-state index >= 15 is 0 Å². The Morgan fingerprint density at radius 1 is 1.48 bits per heavy atom. The van der Waals surface area contributed by atoms with Crippen molar-refractivity contribution in [2.45, 2.75) is 25.6 Å². The van der Waals surface area contributed by atoms with Crippen molar-refractivity contribution in [3.05, 3.63) is 29.3 Å². The molecule has 1 aromatic carbocycles. The van der Waals surface area contributed by atoms with E-state index in [0.29, 0.717) is 17.9 Å². The predicted molar refractivity (Wildman–Crippen MR) is 84.0 cm³/mol. The molecule has 0 heterocycles. The molecule has 0 spiro atoms. The normalized spacial score (nSPS) is 14.5. The summed E-state index contributed by atoms with van der Waals surface area (Å²) in [6, 6.07) is 3.18. The molecular weight excluding hydrogens is 321 g/mol. The van der Waals surface area contributed by atoms with Gasteiger partial charge in [0.15, 0.2) is 0 Å². The van der Waals surface area contributed by atoms with E-state index in [-0.39, 0.29) is 16.6 Å². The van der Waals surface area contributed by atoms with E-state index in [2.05, 4.69) is 5.32 Å². The topological polar surface area (TPSA) is 55.1 Å². The summed E-state index contributed by atoms with van der Waals surface area (Å²) in [6.45, 7) is 1.86. The SMILES string of the molecule is CC(CCS(C)=O)Nc1ccc(C(F)(F)F)cc1C(N)=S. The number of anilines is 1. The molecule has 3 N–H and O–H groups in total. The van der Waals surface area contributed by atoms with Crippen LogP contribution in [0.1, 0.15) is 24.5 Å². The van der Waals surface area contributed by atoms with Crippen molar-refractivity contribution >= 4 is 33.7 Å². The minimum Gasteiger partial charge on any atom is -0.389 e. The summed E-state index contributed by atoms with van der Waals surface area (Å²) in [6.07, 6.45) is -2.21. The molecule has 0 aliphatic heterocycles. The third-order valence-electron chi connectivity index (χ3n) is 2.85. The van der Waals surface area contributed by atoms with Crippen LogP contribution in [0.4, 0.5) is 18.9 Å². The smallest absolute Gasteiger partial charge is 0.389 e. The van der Waals surface area contributed by atoms with Crippen molar-refractivity contribution in [1.82, 2.24) is 0 Å². The van der Waals surface area contributed by atoms with Crippen LogP contribution in [0.5, 0.6) is 0 Å².